The van der Waals surface area contributed by atoms with Crippen LogP contribution in [-0.2, 0) is 82.5 Å². The van der Waals surface area contributed by atoms with Gasteiger partial charge in [-0.05, 0) is 156 Å². The molecule has 0 bridgehead atoms. The van der Waals surface area contributed by atoms with Gasteiger partial charge in [-0.15, -0.1) is 191 Å². The van der Waals surface area contributed by atoms with E-state index in [0.717, 1.165) is 115 Å². The number of aliphatic hydroxyl groups is 1. The number of rotatable bonds is 8. The minimum atomic E-state index is -0.300. The maximum absolute atomic E-state index is 13.2. The van der Waals surface area contributed by atoms with Crippen molar-refractivity contribution in [1.82, 2.24) is 29.9 Å². The van der Waals surface area contributed by atoms with Gasteiger partial charge in [0.25, 0.3) is 0 Å². The maximum atomic E-state index is 13.2. The van der Waals surface area contributed by atoms with Crippen molar-refractivity contribution in [1.29, 1.82) is 0 Å². The molecule has 0 saturated carbocycles. The molecule has 9 aromatic carbocycles. The van der Waals surface area contributed by atoms with Gasteiger partial charge in [-0.1, -0.05) is 150 Å². The van der Waals surface area contributed by atoms with E-state index in [-0.39, 0.29) is 95.7 Å². The van der Waals surface area contributed by atoms with Crippen molar-refractivity contribution >= 4 is 44.0 Å². The molecule has 3 aliphatic heterocycles. The zero-order valence-corrected chi connectivity index (χ0v) is 76.2. The fraction of sp³-hybridized carbons (Fsp3) is 0.142. The van der Waals surface area contributed by atoms with Crippen LogP contribution in [0.15, 0.2) is 368 Å². The molecule has 11 heterocycles. The molecule has 0 unspecified atom stereocenters. The van der Waals surface area contributed by atoms with Gasteiger partial charge in [0.05, 0.1) is 27.1 Å². The SMILES string of the molecule is C.CC(=O)C=C(C)O.CC1(C)CCN2CCC(C)(C)c3c2c1cc1cc(-c2nc4ccccc4s2)c(=O)oc31.Cc1ccnc(-c2[c-]cccc2)c1.[Ir+3].[Ir].[Ir].[c-]1ccccc1-c1ccccn1.[c-]1ccccc1-c1ccccn1.[c-]1ccccc1-c1ccccn1.[c-]1ccccc1-c1ccccn1.c1ccc(-c2ccc3c(c2)-c2cccc[n+]2C3)cc1. The summed E-state index contributed by atoms with van der Waals surface area (Å²) in [5.74, 6) is -0.0625. The average Bonchev–Trinajstić information content (AvgIpc) is 0.766. The van der Waals surface area contributed by atoms with Gasteiger partial charge >= 0.3 is 25.7 Å². The Morgan fingerprint density at radius 2 is 0.951 bits per heavy atom. The van der Waals surface area contributed by atoms with E-state index in [1.807, 2.05) is 237 Å². The second-order valence-corrected chi connectivity index (χ2v) is 30.6. The van der Waals surface area contributed by atoms with Gasteiger partial charge < -0.3 is 39.3 Å². The summed E-state index contributed by atoms with van der Waals surface area (Å²) in [5.41, 5.74) is 23.8. The Hall–Kier alpha value is -12.1. The van der Waals surface area contributed by atoms with Gasteiger partial charge in [0, 0.05) is 125 Å². The van der Waals surface area contributed by atoms with E-state index in [0.29, 0.717) is 5.56 Å². The third-order valence-corrected chi connectivity index (χ3v) is 21.0. The summed E-state index contributed by atoms with van der Waals surface area (Å²) in [6.07, 6.45) is 14.5. The first-order chi connectivity index (χ1) is 57.5. The Labute approximate surface area is 761 Å². The van der Waals surface area contributed by atoms with Crippen molar-refractivity contribution in [3.05, 3.63) is 421 Å². The van der Waals surface area contributed by atoms with Gasteiger partial charge in [0.2, 0.25) is 5.69 Å². The number of aryl methyl sites for hydroxylation is 1. The first kappa shape index (κ1) is 93.8. The fourth-order valence-corrected chi connectivity index (χ4v) is 14.9. The van der Waals surface area contributed by atoms with Crippen LogP contribution in [0, 0.1) is 37.3 Å². The number of carbonyl (C=O) groups is 1. The molecular formula is C106H94Ir3N8O4S-. The zero-order chi connectivity index (χ0) is 82.1. The number of allylic oxidation sites excluding steroid dienone is 2. The Morgan fingerprint density at radius 3 is 1.40 bits per heavy atom. The standard InChI is InChI=1S/C26H26N2O2S.C18H14N.C12H10N.4C11H8N.C5H8O2.CH4.3Ir/c1-25(2)9-11-28-12-10-26(3,4)20-21(28)17(25)14-15-13-16(24(29)30-22(15)20)23-27-18-7-5-6-8-19(18)31-23;1-2-6-14(7-3-1)15-9-10-16-13-19-11-5-4-8-18(19)17(16)12-15;1-10-7-8-13-12(9-10)11-5-3-2-4-6-11;4*1-2-6-10(7-3-1)11-8-4-5-9-12-11;1-4(6)3-5(2)7;;;;/h5-8,13-14H,9-12H2,1-4H3;1-12H,13H2;2-5,7-9H,1H3;4*1-6,8-9H;3,6H,1-2H3;1H4;;;/q;+1;5*-1;;;;;+3. The number of pyridine rings is 6. The molecule has 0 fully saturated rings. The molecule has 1 N–H and O–H groups in total. The number of anilines is 1. The molecule has 0 spiro atoms. The zero-order valence-electron chi connectivity index (χ0n) is 68.2. The van der Waals surface area contributed by atoms with Gasteiger partial charge in [-0.3, -0.25) is 4.79 Å². The number of ketones is 1. The molecule has 0 saturated heterocycles. The van der Waals surface area contributed by atoms with E-state index >= 15 is 0 Å². The number of hydrogen-bond acceptors (Lipinski definition) is 12. The predicted octanol–water partition coefficient (Wildman–Crippen LogP) is 24.6. The number of carbonyl (C=O) groups excluding carboxylic acids is 1. The van der Waals surface area contributed by atoms with Crippen LogP contribution in [0.25, 0.3) is 110 Å². The van der Waals surface area contributed by atoms with Gasteiger partial charge in [0.15, 0.2) is 18.5 Å². The molecule has 2 radical (unpaired) electrons. The van der Waals surface area contributed by atoms with E-state index in [1.54, 1.807) is 36.1 Å². The maximum Gasteiger partial charge on any atom is 3.00 e. The molecule has 0 atom stereocenters. The summed E-state index contributed by atoms with van der Waals surface area (Å²) in [6.45, 7) is 17.2. The summed E-state index contributed by atoms with van der Waals surface area (Å²) in [4.78, 5) is 51.6. The van der Waals surface area contributed by atoms with Crippen molar-refractivity contribution in [3.63, 3.8) is 0 Å². The Kier molecular flexibility index (Phi) is 35.4. The van der Waals surface area contributed by atoms with Crippen LogP contribution >= 0.6 is 11.3 Å². The van der Waals surface area contributed by atoms with Crippen molar-refractivity contribution < 1.29 is 79.2 Å². The minimum absolute atomic E-state index is 0. The largest absolute Gasteiger partial charge is 3.00 e. The molecule has 12 nitrogen and oxygen atoms in total. The smallest absolute Gasteiger partial charge is 0.512 e. The van der Waals surface area contributed by atoms with E-state index in [4.69, 9.17) is 14.5 Å². The number of aromatic nitrogens is 7. The van der Waals surface area contributed by atoms with E-state index in [2.05, 4.69) is 184 Å². The summed E-state index contributed by atoms with van der Waals surface area (Å²) in [7, 11) is 0. The first-order valence-corrected chi connectivity index (χ1v) is 40.1. The van der Waals surface area contributed by atoms with Crippen LogP contribution in [0.1, 0.15) is 84.1 Å². The normalized spacial score (nSPS) is 12.2. The van der Waals surface area contributed by atoms with Crippen LogP contribution in [0.2, 0.25) is 0 Å². The van der Waals surface area contributed by atoms with Gasteiger partial charge in [-0.25, -0.2) is 9.78 Å². The van der Waals surface area contributed by atoms with Crippen LogP contribution in [0.5, 0.6) is 0 Å². The van der Waals surface area contributed by atoms with E-state index < -0.39 is 0 Å². The molecule has 20 rings (SSSR count). The van der Waals surface area contributed by atoms with Crippen molar-refractivity contribution in [3.8, 4) is 89.2 Å². The molecule has 0 amide bonds. The minimum Gasteiger partial charge on any atom is -0.512 e. The number of nitrogens with zero attached hydrogens (tertiary/aromatic N) is 8. The predicted molar refractivity (Wildman–Crippen MR) is 486 cm³/mol. The van der Waals surface area contributed by atoms with Gasteiger partial charge in [-0.2, -0.15) is 4.57 Å². The molecule has 17 aromatic rings. The fourth-order valence-electron chi connectivity index (χ4n) is 13.9. The quantitative estimate of drug-likeness (QED) is 0.0509. The van der Waals surface area contributed by atoms with E-state index in [1.165, 1.54) is 70.2 Å². The third-order valence-electron chi connectivity index (χ3n) is 19.9. The molecule has 616 valence electrons. The number of fused-ring (bicyclic) bond motifs is 6. The third kappa shape index (κ3) is 25.3. The molecule has 3 aliphatic rings. The number of hydrogen-bond donors (Lipinski definition) is 1. The summed E-state index contributed by atoms with van der Waals surface area (Å²) < 4.78 is 9.49. The topological polar surface area (TPSA) is 152 Å². The summed E-state index contributed by atoms with van der Waals surface area (Å²) >= 11 is 1.54. The van der Waals surface area contributed by atoms with Gasteiger partial charge in [0.1, 0.15) is 10.6 Å². The van der Waals surface area contributed by atoms with Crippen LogP contribution in [0.4, 0.5) is 5.69 Å². The number of aliphatic hydroxyl groups excluding tert-OH is 1. The summed E-state index contributed by atoms with van der Waals surface area (Å²) in [5, 5.41) is 10.1. The Bertz CT molecular complexity index is 5690. The molecule has 16 heteroatoms. The number of para-hydroxylation sites is 1. The second-order valence-electron chi connectivity index (χ2n) is 29.6. The number of thiazole rings is 1. The molecule has 0 aliphatic carbocycles. The molecular weight excluding hydrogens is 2060 g/mol. The molecule has 122 heavy (non-hydrogen) atoms. The molecule has 8 aromatic heterocycles. The van der Waals surface area contributed by atoms with Crippen LogP contribution in [0.3, 0.4) is 0 Å². The van der Waals surface area contributed by atoms with Crippen LogP contribution in [-0.4, -0.2) is 53.9 Å². The van der Waals surface area contributed by atoms with E-state index in [9.17, 15) is 9.59 Å². The first-order valence-electron chi connectivity index (χ1n) is 39.3. The van der Waals surface area contributed by atoms with Crippen LogP contribution < -0.4 is 15.1 Å². The second kappa shape index (κ2) is 46.1. The van der Waals surface area contributed by atoms with Crippen molar-refractivity contribution in [2.75, 3.05) is 18.0 Å². The Balaban J connectivity index is 0.000000164. The monoisotopic (exact) mass is 2150 g/mol. The Morgan fingerprint density at radius 1 is 0.492 bits per heavy atom. The number of benzene rings is 9. The summed E-state index contributed by atoms with van der Waals surface area (Å²) in [6, 6.07) is 118. The average molecular weight is 2150 g/mol. The van der Waals surface area contributed by atoms with Crippen molar-refractivity contribution in [2.45, 2.75) is 86.1 Å². The van der Waals surface area contributed by atoms with Crippen molar-refractivity contribution in [2.24, 2.45) is 0 Å².